The zero-order chi connectivity index (χ0) is 13.2. The number of benzene rings is 1. The monoisotopic (exact) mass is 288 g/mol. The minimum atomic E-state index is 0.617. The van der Waals surface area contributed by atoms with E-state index in [1.165, 1.54) is 4.88 Å². The van der Waals surface area contributed by atoms with E-state index in [2.05, 4.69) is 15.2 Å². The number of hydrogen-bond donors (Lipinski definition) is 1. The normalized spacial score (nSPS) is 10.8. The predicted molar refractivity (Wildman–Crippen MR) is 78.8 cm³/mol. The van der Waals surface area contributed by atoms with Crippen molar-refractivity contribution < 1.29 is 0 Å². The summed E-state index contributed by atoms with van der Waals surface area (Å²) < 4.78 is 2.59. The number of nitrogens with one attached hydrogen (secondary N) is 1. The minimum Gasteiger partial charge on any atom is -0.293 e. The first-order valence-electron chi connectivity index (χ1n) is 5.86. The molecular weight excluding hydrogens is 276 g/mol. The second-order valence-electron chi connectivity index (χ2n) is 4.17. The molecule has 0 atom stereocenters. The molecule has 0 unspecified atom stereocenters. The molecule has 0 saturated heterocycles. The van der Waals surface area contributed by atoms with Crippen molar-refractivity contribution in [1.29, 1.82) is 0 Å². The van der Waals surface area contributed by atoms with Crippen molar-refractivity contribution in [3.05, 3.63) is 51.2 Å². The molecule has 1 N–H and O–H groups in total. The summed E-state index contributed by atoms with van der Waals surface area (Å²) in [6, 6.07) is 10.0. The van der Waals surface area contributed by atoms with E-state index in [4.69, 9.17) is 12.2 Å². The van der Waals surface area contributed by atoms with Gasteiger partial charge in [0.1, 0.15) is 5.01 Å². The lowest BCUT2D eigenvalue weighted by Gasteiger charge is -2.04. The second kappa shape index (κ2) is 5.07. The molecule has 0 fully saturated rings. The van der Waals surface area contributed by atoms with Crippen LogP contribution in [-0.4, -0.2) is 19.7 Å². The van der Waals surface area contributed by atoms with Crippen LogP contribution >= 0.6 is 23.6 Å². The van der Waals surface area contributed by atoms with Gasteiger partial charge in [-0.1, -0.05) is 30.3 Å². The summed E-state index contributed by atoms with van der Waals surface area (Å²) in [6.45, 7) is 2.70. The fourth-order valence-corrected chi connectivity index (χ4v) is 2.85. The zero-order valence-electron chi connectivity index (χ0n) is 10.3. The van der Waals surface area contributed by atoms with E-state index in [9.17, 15) is 0 Å². The van der Waals surface area contributed by atoms with Crippen LogP contribution in [0.2, 0.25) is 0 Å². The maximum atomic E-state index is 5.30. The van der Waals surface area contributed by atoms with Crippen molar-refractivity contribution in [3.63, 3.8) is 0 Å². The molecule has 6 heteroatoms. The summed E-state index contributed by atoms with van der Waals surface area (Å²) in [4.78, 5) is 5.58. The highest BCUT2D eigenvalue weighted by Gasteiger charge is 2.10. The number of H-pyrrole nitrogens is 1. The van der Waals surface area contributed by atoms with E-state index in [0.717, 1.165) is 16.4 Å². The van der Waals surface area contributed by atoms with Gasteiger partial charge in [-0.3, -0.25) is 9.67 Å². The third-order valence-electron chi connectivity index (χ3n) is 2.75. The summed E-state index contributed by atoms with van der Waals surface area (Å²) in [5, 5.41) is 8.20. The maximum absolute atomic E-state index is 5.30. The van der Waals surface area contributed by atoms with Crippen LogP contribution < -0.4 is 0 Å². The molecule has 0 bridgehead atoms. The first kappa shape index (κ1) is 12.3. The van der Waals surface area contributed by atoms with Gasteiger partial charge in [0.05, 0.1) is 6.54 Å². The summed E-state index contributed by atoms with van der Waals surface area (Å²) in [7, 11) is 0. The lowest BCUT2D eigenvalue weighted by molar-refractivity contribution is 0.784. The van der Waals surface area contributed by atoms with Crippen molar-refractivity contribution in [2.75, 3.05) is 0 Å². The molecule has 4 nitrogen and oxygen atoms in total. The van der Waals surface area contributed by atoms with Crippen LogP contribution in [0.4, 0.5) is 0 Å². The van der Waals surface area contributed by atoms with E-state index in [1.54, 1.807) is 11.3 Å². The third kappa shape index (κ3) is 2.50. The number of thiazole rings is 1. The Bertz CT molecular complexity index is 739. The van der Waals surface area contributed by atoms with Crippen LogP contribution in [0, 0.1) is 11.7 Å². The van der Waals surface area contributed by atoms with Gasteiger partial charge in [0, 0.05) is 16.6 Å². The molecule has 3 aromatic rings. The van der Waals surface area contributed by atoms with Crippen LogP contribution in [0.1, 0.15) is 9.88 Å². The number of aromatic nitrogens is 4. The highest BCUT2D eigenvalue weighted by atomic mass is 32.1. The molecule has 1 aromatic carbocycles. The number of hydrogen-bond acceptors (Lipinski definition) is 4. The van der Waals surface area contributed by atoms with Gasteiger partial charge in [0.2, 0.25) is 0 Å². The Balaban J connectivity index is 2.02. The van der Waals surface area contributed by atoms with Crippen LogP contribution in [-0.2, 0) is 6.54 Å². The molecule has 96 valence electrons. The van der Waals surface area contributed by atoms with Crippen LogP contribution in [0.3, 0.4) is 0 Å². The Labute approximate surface area is 119 Å². The average Bonchev–Trinajstić information content (AvgIpc) is 2.99. The van der Waals surface area contributed by atoms with Gasteiger partial charge >= 0.3 is 0 Å². The van der Waals surface area contributed by atoms with E-state index >= 15 is 0 Å². The largest absolute Gasteiger partial charge is 0.293 e. The smallest absolute Gasteiger partial charge is 0.195 e. The summed E-state index contributed by atoms with van der Waals surface area (Å²) in [5.41, 5.74) is 1.04. The van der Waals surface area contributed by atoms with E-state index in [1.807, 2.05) is 48.0 Å². The molecule has 0 aliphatic carbocycles. The molecule has 19 heavy (non-hydrogen) atoms. The van der Waals surface area contributed by atoms with E-state index in [0.29, 0.717) is 11.3 Å². The molecule has 0 aliphatic rings. The highest BCUT2D eigenvalue weighted by Crippen LogP contribution is 2.19. The van der Waals surface area contributed by atoms with Gasteiger partial charge in [0.15, 0.2) is 10.6 Å². The van der Waals surface area contributed by atoms with E-state index in [-0.39, 0.29) is 0 Å². The number of aryl methyl sites for hydroxylation is 1. The highest BCUT2D eigenvalue weighted by molar-refractivity contribution is 7.71. The van der Waals surface area contributed by atoms with Crippen LogP contribution in [0.15, 0.2) is 36.5 Å². The molecule has 0 aliphatic heterocycles. The first-order chi connectivity index (χ1) is 9.24. The zero-order valence-corrected chi connectivity index (χ0v) is 12.0. The fourth-order valence-electron chi connectivity index (χ4n) is 1.88. The fraction of sp³-hybridized carbons (Fsp3) is 0.154. The molecule has 0 amide bonds. The molecule has 2 aromatic heterocycles. The molecule has 3 rings (SSSR count). The molecule has 0 saturated carbocycles. The molecular formula is C13H12N4S2. The van der Waals surface area contributed by atoms with Crippen LogP contribution in [0.5, 0.6) is 0 Å². The Morgan fingerprint density at radius 1 is 1.32 bits per heavy atom. The Kier molecular flexibility index (Phi) is 3.27. The van der Waals surface area contributed by atoms with Crippen molar-refractivity contribution in [1.82, 2.24) is 19.7 Å². The molecule has 0 radical (unpaired) electrons. The quantitative estimate of drug-likeness (QED) is 0.751. The van der Waals surface area contributed by atoms with Crippen molar-refractivity contribution in [2.45, 2.75) is 13.5 Å². The van der Waals surface area contributed by atoms with Crippen molar-refractivity contribution in [3.8, 4) is 11.4 Å². The number of nitrogens with zero attached hydrogens (tertiary/aromatic N) is 3. The predicted octanol–water partition coefficient (Wildman–Crippen LogP) is 3.42. The summed E-state index contributed by atoms with van der Waals surface area (Å²) in [5.74, 6) is 0.846. The van der Waals surface area contributed by atoms with E-state index < -0.39 is 0 Å². The SMILES string of the molecule is Cc1cnc(Cn2c(-c3ccccc3)n[nH]c2=S)s1. The topological polar surface area (TPSA) is 46.5 Å². The van der Waals surface area contributed by atoms with Gasteiger partial charge in [-0.2, -0.15) is 5.10 Å². The lowest BCUT2D eigenvalue weighted by atomic mass is 10.2. The Morgan fingerprint density at radius 3 is 2.79 bits per heavy atom. The first-order valence-corrected chi connectivity index (χ1v) is 7.08. The standard InChI is InChI=1S/C13H12N4S2/c1-9-7-14-11(19-9)8-17-12(15-16-13(17)18)10-5-3-2-4-6-10/h2-7H,8H2,1H3,(H,16,18). The summed E-state index contributed by atoms with van der Waals surface area (Å²) >= 11 is 6.98. The third-order valence-corrected chi connectivity index (χ3v) is 3.96. The maximum Gasteiger partial charge on any atom is 0.195 e. The van der Waals surface area contributed by atoms with Gasteiger partial charge < -0.3 is 0 Å². The minimum absolute atomic E-state index is 0.617. The van der Waals surface area contributed by atoms with Gasteiger partial charge in [-0.05, 0) is 19.1 Å². The van der Waals surface area contributed by atoms with Gasteiger partial charge in [-0.25, -0.2) is 4.98 Å². The second-order valence-corrected chi connectivity index (χ2v) is 5.88. The van der Waals surface area contributed by atoms with Crippen LogP contribution in [0.25, 0.3) is 11.4 Å². The van der Waals surface area contributed by atoms with Gasteiger partial charge in [-0.15, -0.1) is 11.3 Å². The Hall–Kier alpha value is -1.79. The molecule has 0 spiro atoms. The summed E-state index contributed by atoms with van der Waals surface area (Å²) in [6.07, 6.45) is 1.88. The molecule has 2 heterocycles. The number of rotatable bonds is 3. The average molecular weight is 288 g/mol. The van der Waals surface area contributed by atoms with Gasteiger partial charge in [0.25, 0.3) is 0 Å². The Morgan fingerprint density at radius 2 is 2.11 bits per heavy atom. The lowest BCUT2D eigenvalue weighted by Crippen LogP contribution is -2.02. The number of aromatic amines is 1. The van der Waals surface area contributed by atoms with Crippen molar-refractivity contribution >= 4 is 23.6 Å². The van der Waals surface area contributed by atoms with Crippen molar-refractivity contribution in [2.24, 2.45) is 0 Å².